The normalized spacial score (nSPS) is 16.9. The van der Waals surface area contributed by atoms with Crippen LogP contribution in [0.2, 0.25) is 0 Å². The number of rotatable bonds is 4. The Morgan fingerprint density at radius 1 is 1.32 bits per heavy atom. The molecule has 3 rings (SSSR count). The molecule has 0 bridgehead atoms. The number of carboxylic acid groups (broad SMARTS) is 1. The first kappa shape index (κ1) is 17.4. The van der Waals surface area contributed by atoms with Crippen LogP contribution in [0.25, 0.3) is 0 Å². The van der Waals surface area contributed by atoms with Gasteiger partial charge in [0.05, 0.1) is 11.6 Å². The minimum atomic E-state index is -0.847. The van der Waals surface area contributed by atoms with Gasteiger partial charge in [-0.3, -0.25) is 10.1 Å². The van der Waals surface area contributed by atoms with Gasteiger partial charge >= 0.3 is 12.0 Å². The number of carbonyl (C=O) groups is 2. The van der Waals surface area contributed by atoms with Crippen LogP contribution >= 0.6 is 11.3 Å². The molecule has 0 radical (unpaired) electrons. The van der Waals surface area contributed by atoms with E-state index < -0.39 is 11.9 Å². The second kappa shape index (κ2) is 7.23. The van der Waals surface area contributed by atoms with E-state index in [-0.39, 0.29) is 12.6 Å². The lowest BCUT2D eigenvalue weighted by atomic mass is 10.1. The summed E-state index contributed by atoms with van der Waals surface area (Å²) in [7, 11) is 0. The Kier molecular flexibility index (Phi) is 5.03. The first-order valence-corrected chi connectivity index (χ1v) is 9.04. The Balaban J connectivity index is 1.63. The van der Waals surface area contributed by atoms with E-state index in [0.717, 1.165) is 17.0 Å². The van der Waals surface area contributed by atoms with Crippen molar-refractivity contribution in [2.75, 3.05) is 18.4 Å². The molecular weight excluding hydrogens is 338 g/mol. The second-order valence-corrected chi connectivity index (χ2v) is 7.47. The molecule has 1 fully saturated rings. The molecule has 0 aliphatic carbocycles. The lowest BCUT2D eigenvalue weighted by molar-refractivity contribution is -0.141. The molecular formula is C18H21N3O3S. The number of nitrogens with zero attached hydrogens (tertiary/aromatic N) is 2. The van der Waals surface area contributed by atoms with Gasteiger partial charge in [0.15, 0.2) is 5.13 Å². The van der Waals surface area contributed by atoms with Crippen molar-refractivity contribution in [1.29, 1.82) is 0 Å². The molecule has 2 amide bonds. The highest BCUT2D eigenvalue weighted by atomic mass is 32.1. The van der Waals surface area contributed by atoms with Gasteiger partial charge in [-0.15, -0.1) is 11.3 Å². The predicted octanol–water partition coefficient (Wildman–Crippen LogP) is 3.29. The van der Waals surface area contributed by atoms with Crippen LogP contribution in [0.4, 0.5) is 9.93 Å². The van der Waals surface area contributed by atoms with Crippen molar-refractivity contribution >= 4 is 28.5 Å². The number of carbonyl (C=O) groups excluding carboxylic acids is 1. The average Bonchev–Trinajstić information content (AvgIpc) is 3.17. The van der Waals surface area contributed by atoms with Crippen LogP contribution in [0.1, 0.15) is 28.1 Å². The molecule has 2 aromatic rings. The fourth-order valence-electron chi connectivity index (χ4n) is 2.85. The van der Waals surface area contributed by atoms with E-state index in [1.807, 2.05) is 6.92 Å². The Morgan fingerprint density at radius 3 is 2.68 bits per heavy atom. The highest BCUT2D eigenvalue weighted by Gasteiger charge is 2.31. The molecule has 25 heavy (non-hydrogen) atoms. The largest absolute Gasteiger partial charge is 0.481 e. The molecule has 1 aliphatic rings. The van der Waals surface area contributed by atoms with E-state index in [1.54, 1.807) is 0 Å². The number of hydrogen-bond acceptors (Lipinski definition) is 4. The molecule has 2 heterocycles. The quantitative estimate of drug-likeness (QED) is 0.877. The van der Waals surface area contributed by atoms with Crippen molar-refractivity contribution in [3.8, 4) is 0 Å². The van der Waals surface area contributed by atoms with Gasteiger partial charge in [-0.25, -0.2) is 9.78 Å². The van der Waals surface area contributed by atoms with Crippen LogP contribution in [0.3, 0.4) is 0 Å². The van der Waals surface area contributed by atoms with Gasteiger partial charge in [0, 0.05) is 24.4 Å². The minimum Gasteiger partial charge on any atom is -0.481 e. The van der Waals surface area contributed by atoms with Crippen molar-refractivity contribution in [1.82, 2.24) is 9.88 Å². The molecule has 1 atom stereocenters. The number of aliphatic carboxylic acids is 1. The first-order chi connectivity index (χ1) is 11.9. The van der Waals surface area contributed by atoms with Crippen molar-refractivity contribution in [3.63, 3.8) is 0 Å². The highest BCUT2D eigenvalue weighted by molar-refractivity contribution is 7.15. The number of benzene rings is 1. The Labute approximate surface area is 150 Å². The van der Waals surface area contributed by atoms with Crippen LogP contribution in [0.5, 0.6) is 0 Å². The summed E-state index contributed by atoms with van der Waals surface area (Å²) in [6.45, 7) is 4.71. The number of amides is 2. The lowest BCUT2D eigenvalue weighted by Gasteiger charge is -2.15. The molecule has 7 heteroatoms. The van der Waals surface area contributed by atoms with Crippen molar-refractivity contribution in [2.45, 2.75) is 26.7 Å². The number of carboxylic acids is 1. The standard InChI is InChI=1S/C18H21N3O3S/c1-11-3-5-13(6-4-11)9-15-12(2)19-17(25-15)20-18(24)21-8-7-14(10-21)16(22)23/h3-6,14H,7-10H2,1-2H3,(H,22,23)(H,19,20,24). The van der Waals surface area contributed by atoms with E-state index in [0.29, 0.717) is 18.1 Å². The fraction of sp³-hybridized carbons (Fsp3) is 0.389. The van der Waals surface area contributed by atoms with Crippen molar-refractivity contribution in [3.05, 3.63) is 46.0 Å². The summed E-state index contributed by atoms with van der Waals surface area (Å²) >= 11 is 1.47. The summed E-state index contributed by atoms with van der Waals surface area (Å²) < 4.78 is 0. The molecule has 1 aromatic heterocycles. The number of anilines is 1. The molecule has 2 N–H and O–H groups in total. The molecule has 1 aromatic carbocycles. The summed E-state index contributed by atoms with van der Waals surface area (Å²) in [5.74, 6) is -1.32. The van der Waals surface area contributed by atoms with Crippen molar-refractivity contribution in [2.24, 2.45) is 5.92 Å². The summed E-state index contributed by atoms with van der Waals surface area (Å²) in [4.78, 5) is 30.4. The first-order valence-electron chi connectivity index (χ1n) is 8.23. The zero-order valence-electron chi connectivity index (χ0n) is 14.3. The van der Waals surface area contributed by atoms with Crippen molar-refractivity contribution < 1.29 is 14.7 Å². The van der Waals surface area contributed by atoms with E-state index in [2.05, 4.69) is 41.5 Å². The Morgan fingerprint density at radius 2 is 2.04 bits per heavy atom. The van der Waals surface area contributed by atoms with E-state index >= 15 is 0 Å². The van der Waals surface area contributed by atoms with E-state index in [4.69, 9.17) is 5.11 Å². The van der Waals surface area contributed by atoms with E-state index in [9.17, 15) is 9.59 Å². The number of hydrogen-bond donors (Lipinski definition) is 2. The van der Waals surface area contributed by atoms with Gasteiger partial charge < -0.3 is 10.0 Å². The summed E-state index contributed by atoms with van der Waals surface area (Å²) in [6, 6.07) is 8.09. The zero-order chi connectivity index (χ0) is 18.0. The third kappa shape index (κ3) is 4.17. The number of aromatic nitrogens is 1. The third-order valence-corrected chi connectivity index (χ3v) is 5.49. The van der Waals surface area contributed by atoms with Crippen LogP contribution < -0.4 is 5.32 Å². The molecule has 132 valence electrons. The van der Waals surface area contributed by atoms with Crippen LogP contribution in [-0.2, 0) is 11.2 Å². The van der Waals surface area contributed by atoms with E-state index in [1.165, 1.54) is 27.4 Å². The monoisotopic (exact) mass is 359 g/mol. The number of likely N-dealkylation sites (tertiary alicyclic amines) is 1. The maximum Gasteiger partial charge on any atom is 0.323 e. The third-order valence-electron chi connectivity index (χ3n) is 4.42. The SMILES string of the molecule is Cc1ccc(Cc2sc(NC(=O)N3CCC(C(=O)O)C3)nc2C)cc1. The summed E-state index contributed by atoms with van der Waals surface area (Å²) in [5, 5.41) is 12.4. The summed E-state index contributed by atoms with van der Waals surface area (Å²) in [6.07, 6.45) is 1.28. The molecule has 6 nitrogen and oxygen atoms in total. The second-order valence-electron chi connectivity index (χ2n) is 6.39. The maximum absolute atomic E-state index is 12.3. The molecule has 1 saturated heterocycles. The van der Waals surface area contributed by atoms with Crippen LogP contribution in [-0.4, -0.2) is 40.1 Å². The average molecular weight is 359 g/mol. The van der Waals surface area contributed by atoms with Crippen LogP contribution in [0, 0.1) is 19.8 Å². The lowest BCUT2D eigenvalue weighted by Crippen LogP contribution is -2.33. The Bertz CT molecular complexity index is 785. The molecule has 1 unspecified atom stereocenters. The topological polar surface area (TPSA) is 82.5 Å². The molecule has 1 aliphatic heterocycles. The van der Waals surface area contributed by atoms with Gasteiger partial charge in [0.1, 0.15) is 0 Å². The number of urea groups is 1. The smallest absolute Gasteiger partial charge is 0.323 e. The molecule has 0 saturated carbocycles. The number of nitrogens with one attached hydrogen (secondary N) is 1. The summed E-state index contributed by atoms with van der Waals surface area (Å²) in [5.41, 5.74) is 3.34. The van der Waals surface area contributed by atoms with Gasteiger partial charge in [0.2, 0.25) is 0 Å². The fourth-order valence-corrected chi connectivity index (χ4v) is 3.84. The zero-order valence-corrected chi connectivity index (χ0v) is 15.1. The van der Waals surface area contributed by atoms with Gasteiger partial charge in [0.25, 0.3) is 0 Å². The van der Waals surface area contributed by atoms with Gasteiger partial charge in [-0.05, 0) is 25.8 Å². The predicted molar refractivity (Wildman–Crippen MR) is 97.2 cm³/mol. The number of aryl methyl sites for hydroxylation is 2. The Hall–Kier alpha value is -2.41. The maximum atomic E-state index is 12.3. The van der Waals surface area contributed by atoms with Gasteiger partial charge in [-0.1, -0.05) is 29.8 Å². The minimum absolute atomic E-state index is 0.252. The van der Waals surface area contributed by atoms with Gasteiger partial charge in [-0.2, -0.15) is 0 Å². The highest BCUT2D eigenvalue weighted by Crippen LogP contribution is 2.26. The number of thiazole rings is 1. The van der Waals surface area contributed by atoms with Crippen LogP contribution in [0.15, 0.2) is 24.3 Å². The molecule has 0 spiro atoms.